The third-order valence-corrected chi connectivity index (χ3v) is 2.30. The number of hydrogen-bond acceptors (Lipinski definition) is 2. The third-order valence-electron chi connectivity index (χ3n) is 2.30. The van der Waals surface area contributed by atoms with E-state index < -0.39 is 0 Å². The SMILES string of the molecule is CC(N)C(C)NC1CC=CC1. The van der Waals surface area contributed by atoms with E-state index in [1.54, 1.807) is 0 Å². The molecular weight excluding hydrogens is 136 g/mol. The molecule has 0 saturated carbocycles. The van der Waals surface area contributed by atoms with Gasteiger partial charge in [0.1, 0.15) is 0 Å². The molecule has 2 nitrogen and oxygen atoms in total. The van der Waals surface area contributed by atoms with Gasteiger partial charge in [-0.3, -0.25) is 0 Å². The summed E-state index contributed by atoms with van der Waals surface area (Å²) in [6, 6.07) is 1.31. The van der Waals surface area contributed by atoms with Gasteiger partial charge in [0.05, 0.1) is 0 Å². The van der Waals surface area contributed by atoms with Crippen LogP contribution in [0.2, 0.25) is 0 Å². The maximum Gasteiger partial charge on any atom is 0.0190 e. The zero-order chi connectivity index (χ0) is 8.27. The molecule has 0 fully saturated rings. The Kier molecular flexibility index (Phi) is 3.09. The van der Waals surface area contributed by atoms with Gasteiger partial charge in [0.25, 0.3) is 0 Å². The van der Waals surface area contributed by atoms with Crippen LogP contribution in [0.15, 0.2) is 12.2 Å². The second-order valence-corrected chi connectivity index (χ2v) is 3.45. The zero-order valence-electron chi connectivity index (χ0n) is 7.38. The van der Waals surface area contributed by atoms with Crippen molar-refractivity contribution < 1.29 is 0 Å². The summed E-state index contributed by atoms with van der Waals surface area (Å²) >= 11 is 0. The topological polar surface area (TPSA) is 38.0 Å². The van der Waals surface area contributed by atoms with Crippen LogP contribution in [0.25, 0.3) is 0 Å². The van der Waals surface area contributed by atoms with Crippen LogP contribution in [0.3, 0.4) is 0 Å². The molecule has 1 aliphatic carbocycles. The van der Waals surface area contributed by atoms with Crippen LogP contribution < -0.4 is 11.1 Å². The lowest BCUT2D eigenvalue weighted by Crippen LogP contribution is -2.45. The van der Waals surface area contributed by atoms with E-state index in [0.717, 1.165) is 12.8 Å². The molecule has 0 amide bonds. The summed E-state index contributed by atoms with van der Waals surface area (Å²) in [5, 5.41) is 3.49. The first-order valence-electron chi connectivity index (χ1n) is 4.37. The molecule has 1 aliphatic rings. The summed E-state index contributed by atoms with van der Waals surface area (Å²) in [4.78, 5) is 0. The van der Waals surface area contributed by atoms with Crippen molar-refractivity contribution in [1.82, 2.24) is 5.32 Å². The van der Waals surface area contributed by atoms with Gasteiger partial charge in [0, 0.05) is 18.1 Å². The van der Waals surface area contributed by atoms with Gasteiger partial charge in [-0.1, -0.05) is 12.2 Å². The Labute approximate surface area is 68.9 Å². The van der Waals surface area contributed by atoms with Gasteiger partial charge in [-0.2, -0.15) is 0 Å². The van der Waals surface area contributed by atoms with Crippen LogP contribution >= 0.6 is 0 Å². The van der Waals surface area contributed by atoms with Gasteiger partial charge in [0.15, 0.2) is 0 Å². The second kappa shape index (κ2) is 3.88. The Morgan fingerprint density at radius 1 is 1.36 bits per heavy atom. The van der Waals surface area contributed by atoms with Crippen LogP contribution in [0, 0.1) is 0 Å². The lowest BCUT2D eigenvalue weighted by Gasteiger charge is -2.21. The summed E-state index contributed by atoms with van der Waals surface area (Å²) in [6.45, 7) is 4.18. The molecule has 64 valence electrons. The molecule has 2 unspecified atom stereocenters. The summed E-state index contributed by atoms with van der Waals surface area (Å²) in [7, 11) is 0. The lowest BCUT2D eigenvalue weighted by atomic mass is 10.1. The van der Waals surface area contributed by atoms with Crippen molar-refractivity contribution in [2.75, 3.05) is 0 Å². The van der Waals surface area contributed by atoms with E-state index in [-0.39, 0.29) is 6.04 Å². The van der Waals surface area contributed by atoms with Crippen molar-refractivity contribution in [3.05, 3.63) is 12.2 Å². The molecule has 0 aliphatic heterocycles. The molecule has 0 aromatic heterocycles. The fourth-order valence-electron chi connectivity index (χ4n) is 1.28. The Hall–Kier alpha value is -0.340. The van der Waals surface area contributed by atoms with E-state index in [1.165, 1.54) is 0 Å². The van der Waals surface area contributed by atoms with E-state index in [1.807, 2.05) is 6.92 Å². The van der Waals surface area contributed by atoms with E-state index in [9.17, 15) is 0 Å². The van der Waals surface area contributed by atoms with Crippen molar-refractivity contribution in [3.63, 3.8) is 0 Å². The maximum atomic E-state index is 5.73. The Morgan fingerprint density at radius 3 is 2.36 bits per heavy atom. The van der Waals surface area contributed by atoms with Gasteiger partial charge in [-0.25, -0.2) is 0 Å². The van der Waals surface area contributed by atoms with Crippen molar-refractivity contribution in [2.45, 2.75) is 44.8 Å². The van der Waals surface area contributed by atoms with Crippen molar-refractivity contribution >= 4 is 0 Å². The van der Waals surface area contributed by atoms with E-state index >= 15 is 0 Å². The molecular formula is C9H18N2. The zero-order valence-corrected chi connectivity index (χ0v) is 7.38. The number of hydrogen-bond donors (Lipinski definition) is 2. The number of rotatable bonds is 3. The largest absolute Gasteiger partial charge is 0.327 e. The summed E-state index contributed by atoms with van der Waals surface area (Å²) in [5.74, 6) is 0. The highest BCUT2D eigenvalue weighted by Gasteiger charge is 2.14. The normalized spacial score (nSPS) is 23.9. The predicted molar refractivity (Wildman–Crippen MR) is 48.4 cm³/mol. The second-order valence-electron chi connectivity index (χ2n) is 3.45. The standard InChI is InChI=1S/C9H18N2/c1-7(10)8(2)11-9-5-3-4-6-9/h3-4,7-9,11H,5-6,10H2,1-2H3. The van der Waals surface area contributed by atoms with E-state index in [2.05, 4.69) is 24.4 Å². The number of nitrogens with one attached hydrogen (secondary N) is 1. The summed E-state index contributed by atoms with van der Waals surface area (Å²) < 4.78 is 0. The lowest BCUT2D eigenvalue weighted by molar-refractivity contribution is 0.416. The Morgan fingerprint density at radius 2 is 1.91 bits per heavy atom. The molecule has 11 heavy (non-hydrogen) atoms. The molecule has 3 N–H and O–H groups in total. The minimum absolute atomic E-state index is 0.246. The van der Waals surface area contributed by atoms with Crippen molar-refractivity contribution in [2.24, 2.45) is 5.73 Å². The van der Waals surface area contributed by atoms with Crippen molar-refractivity contribution in [3.8, 4) is 0 Å². The fraction of sp³-hybridized carbons (Fsp3) is 0.778. The molecule has 0 aromatic carbocycles. The average Bonchev–Trinajstić information content (AvgIpc) is 2.39. The maximum absolute atomic E-state index is 5.73. The van der Waals surface area contributed by atoms with Crippen LogP contribution in [0.4, 0.5) is 0 Å². The fourth-order valence-corrected chi connectivity index (χ4v) is 1.28. The van der Waals surface area contributed by atoms with Crippen LogP contribution in [-0.2, 0) is 0 Å². The molecule has 2 atom stereocenters. The van der Waals surface area contributed by atoms with Crippen LogP contribution in [0.1, 0.15) is 26.7 Å². The van der Waals surface area contributed by atoms with Crippen LogP contribution in [0.5, 0.6) is 0 Å². The molecule has 0 heterocycles. The van der Waals surface area contributed by atoms with E-state index in [4.69, 9.17) is 5.73 Å². The van der Waals surface area contributed by atoms with E-state index in [0.29, 0.717) is 12.1 Å². The Bertz CT molecular complexity index is 132. The van der Waals surface area contributed by atoms with Gasteiger partial charge in [0.2, 0.25) is 0 Å². The predicted octanol–water partition coefficient (Wildman–Crippen LogP) is 1.03. The first-order chi connectivity index (χ1) is 5.20. The van der Waals surface area contributed by atoms with Crippen LogP contribution in [-0.4, -0.2) is 18.1 Å². The Balaban J connectivity index is 2.20. The highest BCUT2D eigenvalue weighted by atomic mass is 15.0. The van der Waals surface area contributed by atoms with Gasteiger partial charge >= 0.3 is 0 Å². The van der Waals surface area contributed by atoms with Gasteiger partial charge in [-0.05, 0) is 26.7 Å². The number of nitrogens with two attached hydrogens (primary N) is 1. The smallest absolute Gasteiger partial charge is 0.0190 e. The summed E-state index contributed by atoms with van der Waals surface area (Å²) in [5.41, 5.74) is 5.73. The highest BCUT2D eigenvalue weighted by Crippen LogP contribution is 2.10. The molecule has 0 spiro atoms. The molecule has 0 aromatic rings. The quantitative estimate of drug-likeness (QED) is 0.596. The minimum Gasteiger partial charge on any atom is -0.327 e. The first kappa shape index (κ1) is 8.75. The van der Waals surface area contributed by atoms with Crippen molar-refractivity contribution in [1.29, 1.82) is 0 Å². The molecule has 1 rings (SSSR count). The monoisotopic (exact) mass is 154 g/mol. The molecule has 0 radical (unpaired) electrons. The van der Waals surface area contributed by atoms with Gasteiger partial charge in [-0.15, -0.1) is 0 Å². The molecule has 2 heteroatoms. The summed E-state index contributed by atoms with van der Waals surface area (Å²) in [6.07, 6.45) is 6.78. The first-order valence-corrected chi connectivity index (χ1v) is 4.37. The minimum atomic E-state index is 0.246. The average molecular weight is 154 g/mol. The molecule has 0 saturated heterocycles. The highest BCUT2D eigenvalue weighted by molar-refractivity contribution is 4.98. The molecule has 0 bridgehead atoms. The van der Waals surface area contributed by atoms with Gasteiger partial charge < -0.3 is 11.1 Å². The third kappa shape index (κ3) is 2.64.